The van der Waals surface area contributed by atoms with Crippen molar-refractivity contribution in [3.63, 3.8) is 0 Å². The number of hydrogen-bond donors (Lipinski definition) is 1. The van der Waals surface area contributed by atoms with Crippen molar-refractivity contribution >= 4 is 0 Å². The summed E-state index contributed by atoms with van der Waals surface area (Å²) < 4.78 is 19.8. The van der Waals surface area contributed by atoms with Crippen molar-refractivity contribution in [3.8, 4) is 5.75 Å². The third-order valence-electron chi connectivity index (χ3n) is 3.01. The van der Waals surface area contributed by atoms with Gasteiger partial charge < -0.3 is 10.1 Å². The van der Waals surface area contributed by atoms with E-state index in [1.54, 1.807) is 19.1 Å². The molecule has 0 spiro atoms. The van der Waals surface area contributed by atoms with Crippen LogP contribution in [0.25, 0.3) is 0 Å². The Kier molecular flexibility index (Phi) is 5.36. The van der Waals surface area contributed by atoms with E-state index in [1.165, 1.54) is 0 Å². The van der Waals surface area contributed by atoms with Crippen LogP contribution >= 0.6 is 0 Å². The molecule has 1 rings (SSSR count). The molecular weight excluding hydrogens is 241 g/mol. The fourth-order valence-electron chi connectivity index (χ4n) is 1.69. The van der Waals surface area contributed by atoms with Gasteiger partial charge in [-0.1, -0.05) is 26.0 Å². The highest BCUT2D eigenvalue weighted by Crippen LogP contribution is 2.22. The van der Waals surface area contributed by atoms with Crippen molar-refractivity contribution in [1.82, 2.24) is 5.32 Å². The lowest BCUT2D eigenvalue weighted by molar-refractivity contribution is 0.134. The summed E-state index contributed by atoms with van der Waals surface area (Å²) in [7, 11) is 0. The van der Waals surface area contributed by atoms with Crippen molar-refractivity contribution in [3.05, 3.63) is 29.6 Å². The molecule has 0 bridgehead atoms. The first-order valence-corrected chi connectivity index (χ1v) is 6.87. The van der Waals surface area contributed by atoms with E-state index in [9.17, 15) is 4.39 Å². The van der Waals surface area contributed by atoms with Gasteiger partial charge in [0, 0.05) is 12.1 Å². The molecule has 1 unspecified atom stereocenters. The Morgan fingerprint density at radius 1 is 1.26 bits per heavy atom. The van der Waals surface area contributed by atoms with Crippen molar-refractivity contribution in [2.24, 2.45) is 5.92 Å². The van der Waals surface area contributed by atoms with Crippen LogP contribution < -0.4 is 10.1 Å². The third-order valence-corrected chi connectivity index (χ3v) is 3.01. The summed E-state index contributed by atoms with van der Waals surface area (Å²) in [5.74, 6) is 0.396. The summed E-state index contributed by atoms with van der Waals surface area (Å²) in [6, 6.07) is 5.26. The molecule has 0 fully saturated rings. The zero-order valence-electron chi connectivity index (χ0n) is 12.9. The monoisotopic (exact) mass is 267 g/mol. The van der Waals surface area contributed by atoms with Crippen molar-refractivity contribution < 1.29 is 9.13 Å². The summed E-state index contributed by atoms with van der Waals surface area (Å²) in [5.41, 5.74) is 0.644. The van der Waals surface area contributed by atoms with Gasteiger partial charge in [-0.15, -0.1) is 0 Å². The molecule has 2 nitrogen and oxygen atoms in total. The Hall–Kier alpha value is -1.09. The van der Waals surface area contributed by atoms with E-state index < -0.39 is 0 Å². The van der Waals surface area contributed by atoms with Crippen LogP contribution in [0.5, 0.6) is 5.75 Å². The molecule has 0 heterocycles. The minimum Gasteiger partial charge on any atom is -0.486 e. The molecule has 3 heteroatoms. The Morgan fingerprint density at radius 3 is 2.42 bits per heavy atom. The van der Waals surface area contributed by atoms with Gasteiger partial charge in [-0.25, -0.2) is 4.39 Å². The van der Waals surface area contributed by atoms with Crippen LogP contribution in [-0.4, -0.2) is 18.2 Å². The second-order valence-corrected chi connectivity index (χ2v) is 6.42. The van der Waals surface area contributed by atoms with E-state index in [0.717, 1.165) is 0 Å². The number of rotatable bonds is 5. The number of aryl methyl sites for hydroxylation is 1. The highest BCUT2D eigenvalue weighted by Gasteiger charge is 2.20. The van der Waals surface area contributed by atoms with Crippen LogP contribution in [0.1, 0.15) is 40.2 Å². The highest BCUT2D eigenvalue weighted by molar-refractivity contribution is 5.30. The molecule has 0 saturated carbocycles. The highest BCUT2D eigenvalue weighted by atomic mass is 19.1. The van der Waals surface area contributed by atoms with Crippen LogP contribution in [0.15, 0.2) is 18.2 Å². The largest absolute Gasteiger partial charge is 0.486 e. The van der Waals surface area contributed by atoms with E-state index in [-0.39, 0.29) is 17.5 Å². The molecule has 0 aliphatic rings. The summed E-state index contributed by atoms with van der Waals surface area (Å²) in [6.07, 6.45) is -0.0458. The zero-order chi connectivity index (χ0) is 14.6. The smallest absolute Gasteiger partial charge is 0.167 e. The maximum absolute atomic E-state index is 14.0. The summed E-state index contributed by atoms with van der Waals surface area (Å²) in [6.45, 7) is 13.0. The zero-order valence-corrected chi connectivity index (χ0v) is 12.9. The Bertz CT molecular complexity index is 410. The van der Waals surface area contributed by atoms with E-state index in [0.29, 0.717) is 23.8 Å². The van der Waals surface area contributed by atoms with Gasteiger partial charge in [-0.2, -0.15) is 0 Å². The predicted octanol–water partition coefficient (Wildman–Crippen LogP) is 3.93. The quantitative estimate of drug-likeness (QED) is 0.873. The van der Waals surface area contributed by atoms with Crippen LogP contribution in [0.3, 0.4) is 0 Å². The van der Waals surface area contributed by atoms with Crippen molar-refractivity contribution in [2.75, 3.05) is 6.54 Å². The predicted molar refractivity (Wildman–Crippen MR) is 78.1 cm³/mol. The number of halogens is 1. The van der Waals surface area contributed by atoms with Gasteiger partial charge in [-0.05, 0) is 45.2 Å². The number of nitrogens with one attached hydrogen (secondary N) is 1. The lowest BCUT2D eigenvalue weighted by Gasteiger charge is -2.28. The Labute approximate surface area is 116 Å². The lowest BCUT2D eigenvalue weighted by Crippen LogP contribution is -2.44. The average molecular weight is 267 g/mol. The molecule has 1 aromatic rings. The maximum Gasteiger partial charge on any atom is 0.167 e. The van der Waals surface area contributed by atoms with E-state index in [1.807, 2.05) is 6.07 Å². The average Bonchev–Trinajstić information content (AvgIpc) is 2.28. The molecule has 1 aromatic carbocycles. The molecule has 1 N–H and O–H groups in total. The molecule has 0 aliphatic carbocycles. The first-order valence-electron chi connectivity index (χ1n) is 6.87. The van der Waals surface area contributed by atoms with Gasteiger partial charge in [0.25, 0.3) is 0 Å². The summed E-state index contributed by atoms with van der Waals surface area (Å²) >= 11 is 0. The van der Waals surface area contributed by atoms with Crippen LogP contribution in [0, 0.1) is 18.7 Å². The molecule has 0 aromatic heterocycles. The fourth-order valence-corrected chi connectivity index (χ4v) is 1.69. The van der Waals surface area contributed by atoms with Crippen LogP contribution in [0.2, 0.25) is 0 Å². The number of hydrogen-bond acceptors (Lipinski definition) is 2. The SMILES string of the molecule is Cc1cccc(OC(CNC(C)(C)C)C(C)C)c1F. The molecule has 0 aliphatic heterocycles. The molecule has 19 heavy (non-hydrogen) atoms. The molecular formula is C16H26FNO. The van der Waals surface area contributed by atoms with Gasteiger partial charge in [0.05, 0.1) is 0 Å². The summed E-state index contributed by atoms with van der Waals surface area (Å²) in [5, 5.41) is 3.41. The number of benzene rings is 1. The lowest BCUT2D eigenvalue weighted by atomic mass is 10.0. The maximum atomic E-state index is 14.0. The van der Waals surface area contributed by atoms with Crippen LogP contribution in [0.4, 0.5) is 4.39 Å². The van der Waals surface area contributed by atoms with Crippen molar-refractivity contribution in [1.29, 1.82) is 0 Å². The molecule has 0 amide bonds. The topological polar surface area (TPSA) is 21.3 Å². The second-order valence-electron chi connectivity index (χ2n) is 6.42. The standard InChI is InChI=1S/C16H26FNO/c1-11(2)14(10-18-16(4,5)6)19-13-9-7-8-12(3)15(13)17/h7-9,11,14,18H,10H2,1-6H3. The van der Waals surface area contributed by atoms with Gasteiger partial charge in [-0.3, -0.25) is 0 Å². The third kappa shape index (κ3) is 5.19. The van der Waals surface area contributed by atoms with Crippen LogP contribution in [-0.2, 0) is 0 Å². The molecule has 1 atom stereocenters. The van der Waals surface area contributed by atoms with E-state index >= 15 is 0 Å². The molecule has 0 saturated heterocycles. The number of ether oxygens (including phenoxy) is 1. The fraction of sp³-hybridized carbons (Fsp3) is 0.625. The minimum atomic E-state index is -0.260. The van der Waals surface area contributed by atoms with Gasteiger partial charge in [0.1, 0.15) is 6.10 Å². The Balaban J connectivity index is 2.76. The Morgan fingerprint density at radius 2 is 1.89 bits per heavy atom. The first kappa shape index (κ1) is 16.0. The van der Waals surface area contributed by atoms with Gasteiger partial charge >= 0.3 is 0 Å². The second kappa shape index (κ2) is 6.38. The molecule has 108 valence electrons. The first-order chi connectivity index (χ1) is 8.70. The molecule has 0 radical (unpaired) electrons. The normalized spacial score (nSPS) is 13.7. The van der Waals surface area contributed by atoms with E-state index in [2.05, 4.69) is 39.9 Å². The summed E-state index contributed by atoms with van der Waals surface area (Å²) in [4.78, 5) is 0. The van der Waals surface area contributed by atoms with Gasteiger partial charge in [0.15, 0.2) is 11.6 Å². The minimum absolute atomic E-state index is 0.0294. The van der Waals surface area contributed by atoms with Gasteiger partial charge in [0.2, 0.25) is 0 Å². The van der Waals surface area contributed by atoms with Crippen molar-refractivity contribution in [2.45, 2.75) is 53.2 Å². The van der Waals surface area contributed by atoms with E-state index in [4.69, 9.17) is 4.74 Å².